The molecule has 3 N–H and O–H groups in total. The Morgan fingerprint density at radius 2 is 1.86 bits per heavy atom. The van der Waals surface area contributed by atoms with E-state index in [1.165, 1.54) is 0 Å². The Kier molecular flexibility index (Phi) is 2.11. The van der Waals surface area contributed by atoms with Crippen LogP contribution in [0, 0.1) is 0 Å². The smallest absolute Gasteiger partial charge is 0.157 e. The first-order valence-corrected chi connectivity index (χ1v) is 4.88. The molecule has 1 heterocycles. The van der Waals surface area contributed by atoms with Crippen molar-refractivity contribution in [1.82, 2.24) is 5.32 Å². The molecule has 14 heavy (non-hydrogen) atoms. The minimum atomic E-state index is -0.0352. The minimum Gasteiger partial charge on any atom is -0.504 e. The SMILES string of the molecule is CC1Cc2cc(O)c(O)cc2C(C)N1. The molecule has 0 bridgehead atoms. The van der Waals surface area contributed by atoms with Gasteiger partial charge in [-0.2, -0.15) is 0 Å². The summed E-state index contributed by atoms with van der Waals surface area (Å²) in [5, 5.41) is 22.1. The summed E-state index contributed by atoms with van der Waals surface area (Å²) in [5.74, 6) is -0.0583. The lowest BCUT2D eigenvalue weighted by molar-refractivity contribution is 0.394. The Bertz CT molecular complexity index is 363. The zero-order valence-electron chi connectivity index (χ0n) is 8.41. The average Bonchev–Trinajstić information content (AvgIpc) is 2.08. The Labute approximate surface area is 83.4 Å². The van der Waals surface area contributed by atoms with E-state index in [0.29, 0.717) is 6.04 Å². The largest absolute Gasteiger partial charge is 0.504 e. The molecule has 2 rings (SSSR count). The molecule has 1 aliphatic rings. The quantitative estimate of drug-likeness (QED) is 0.550. The van der Waals surface area contributed by atoms with Crippen LogP contribution in [0.15, 0.2) is 12.1 Å². The van der Waals surface area contributed by atoms with E-state index in [2.05, 4.69) is 19.2 Å². The van der Waals surface area contributed by atoms with Gasteiger partial charge in [0.1, 0.15) is 0 Å². The first-order valence-electron chi connectivity index (χ1n) is 4.88. The highest BCUT2D eigenvalue weighted by atomic mass is 16.3. The zero-order valence-corrected chi connectivity index (χ0v) is 8.41. The van der Waals surface area contributed by atoms with Gasteiger partial charge >= 0.3 is 0 Å². The summed E-state index contributed by atoms with van der Waals surface area (Å²) in [6.45, 7) is 4.17. The van der Waals surface area contributed by atoms with Crippen molar-refractivity contribution in [3.05, 3.63) is 23.3 Å². The summed E-state index contributed by atoms with van der Waals surface area (Å²) in [5.41, 5.74) is 2.21. The van der Waals surface area contributed by atoms with Crippen LogP contribution >= 0.6 is 0 Å². The maximum absolute atomic E-state index is 9.38. The molecule has 3 heteroatoms. The van der Waals surface area contributed by atoms with Gasteiger partial charge in [0.15, 0.2) is 11.5 Å². The van der Waals surface area contributed by atoms with Gasteiger partial charge in [0.25, 0.3) is 0 Å². The Morgan fingerprint density at radius 3 is 2.57 bits per heavy atom. The molecule has 0 saturated carbocycles. The number of hydrogen-bond acceptors (Lipinski definition) is 3. The van der Waals surface area contributed by atoms with Crippen molar-refractivity contribution in [1.29, 1.82) is 0 Å². The molecular formula is C11H15NO2. The molecule has 0 amide bonds. The topological polar surface area (TPSA) is 52.5 Å². The number of hydrogen-bond donors (Lipinski definition) is 3. The van der Waals surface area contributed by atoms with Gasteiger partial charge < -0.3 is 15.5 Å². The van der Waals surface area contributed by atoms with Crippen LogP contribution in [-0.2, 0) is 6.42 Å². The molecule has 3 nitrogen and oxygen atoms in total. The highest BCUT2D eigenvalue weighted by Crippen LogP contribution is 2.34. The molecule has 0 radical (unpaired) electrons. The summed E-state index contributed by atoms with van der Waals surface area (Å²) in [7, 11) is 0. The van der Waals surface area contributed by atoms with Crippen LogP contribution in [0.5, 0.6) is 11.5 Å². The molecule has 2 atom stereocenters. The fourth-order valence-corrected chi connectivity index (χ4v) is 2.12. The van der Waals surface area contributed by atoms with E-state index < -0.39 is 0 Å². The van der Waals surface area contributed by atoms with Gasteiger partial charge in [-0.3, -0.25) is 0 Å². The molecule has 0 fully saturated rings. The van der Waals surface area contributed by atoms with Gasteiger partial charge in [0, 0.05) is 12.1 Å². The maximum atomic E-state index is 9.38. The van der Waals surface area contributed by atoms with Crippen molar-refractivity contribution in [2.24, 2.45) is 0 Å². The van der Waals surface area contributed by atoms with E-state index in [4.69, 9.17) is 0 Å². The van der Waals surface area contributed by atoms with Gasteiger partial charge in [0.2, 0.25) is 0 Å². The van der Waals surface area contributed by atoms with Crippen LogP contribution in [0.2, 0.25) is 0 Å². The molecule has 1 aliphatic heterocycles. The maximum Gasteiger partial charge on any atom is 0.157 e. The second kappa shape index (κ2) is 3.17. The molecule has 76 valence electrons. The third-order valence-electron chi connectivity index (χ3n) is 2.76. The fourth-order valence-electron chi connectivity index (χ4n) is 2.12. The Hall–Kier alpha value is -1.22. The summed E-state index contributed by atoms with van der Waals surface area (Å²) >= 11 is 0. The molecule has 0 aromatic heterocycles. The lowest BCUT2D eigenvalue weighted by Crippen LogP contribution is -2.35. The number of rotatable bonds is 0. The predicted octanol–water partition coefficient (Wildman–Crippen LogP) is 1.69. The van der Waals surface area contributed by atoms with Gasteiger partial charge in [-0.1, -0.05) is 0 Å². The van der Waals surface area contributed by atoms with Crippen molar-refractivity contribution >= 4 is 0 Å². The van der Waals surface area contributed by atoms with E-state index in [1.54, 1.807) is 12.1 Å². The molecule has 0 spiro atoms. The fraction of sp³-hybridized carbons (Fsp3) is 0.455. The van der Waals surface area contributed by atoms with Crippen LogP contribution in [0.4, 0.5) is 0 Å². The Morgan fingerprint density at radius 1 is 1.21 bits per heavy atom. The summed E-state index contributed by atoms with van der Waals surface area (Å²) < 4.78 is 0. The second-order valence-electron chi connectivity index (χ2n) is 4.03. The highest BCUT2D eigenvalue weighted by molar-refractivity contribution is 5.47. The first kappa shape index (κ1) is 9.34. The third kappa shape index (κ3) is 1.44. The van der Waals surface area contributed by atoms with Crippen molar-refractivity contribution in [3.63, 3.8) is 0 Å². The van der Waals surface area contributed by atoms with Crippen LogP contribution in [0.1, 0.15) is 31.0 Å². The molecular weight excluding hydrogens is 178 g/mol. The number of nitrogens with one attached hydrogen (secondary N) is 1. The highest BCUT2D eigenvalue weighted by Gasteiger charge is 2.21. The van der Waals surface area contributed by atoms with Crippen molar-refractivity contribution < 1.29 is 10.2 Å². The lowest BCUT2D eigenvalue weighted by atomic mass is 9.91. The van der Waals surface area contributed by atoms with Crippen LogP contribution < -0.4 is 5.32 Å². The normalized spacial score (nSPS) is 25.9. The first-order chi connectivity index (χ1) is 6.58. The number of fused-ring (bicyclic) bond motifs is 1. The summed E-state index contributed by atoms with van der Waals surface area (Å²) in [6.07, 6.45) is 0.896. The van der Waals surface area contributed by atoms with Crippen LogP contribution in [0.25, 0.3) is 0 Å². The van der Waals surface area contributed by atoms with E-state index in [-0.39, 0.29) is 17.5 Å². The predicted molar refractivity (Wildman–Crippen MR) is 54.5 cm³/mol. The van der Waals surface area contributed by atoms with Crippen LogP contribution in [-0.4, -0.2) is 16.3 Å². The molecule has 2 unspecified atom stereocenters. The monoisotopic (exact) mass is 193 g/mol. The molecule has 0 saturated heterocycles. The molecule has 1 aromatic carbocycles. The lowest BCUT2D eigenvalue weighted by Gasteiger charge is -2.29. The number of aromatic hydroxyl groups is 2. The minimum absolute atomic E-state index is 0.0231. The Balaban J connectivity index is 2.49. The second-order valence-corrected chi connectivity index (χ2v) is 4.03. The summed E-state index contributed by atoms with van der Waals surface area (Å²) in [4.78, 5) is 0. The van der Waals surface area contributed by atoms with Gasteiger partial charge in [-0.15, -0.1) is 0 Å². The van der Waals surface area contributed by atoms with Gasteiger partial charge in [-0.05, 0) is 43.5 Å². The third-order valence-corrected chi connectivity index (χ3v) is 2.76. The van der Waals surface area contributed by atoms with Gasteiger partial charge in [-0.25, -0.2) is 0 Å². The molecule has 0 aliphatic carbocycles. The van der Waals surface area contributed by atoms with E-state index in [1.807, 2.05) is 0 Å². The molecule has 1 aromatic rings. The van der Waals surface area contributed by atoms with E-state index in [0.717, 1.165) is 17.5 Å². The van der Waals surface area contributed by atoms with Crippen molar-refractivity contribution in [3.8, 4) is 11.5 Å². The number of phenols is 2. The van der Waals surface area contributed by atoms with Crippen LogP contribution in [0.3, 0.4) is 0 Å². The average molecular weight is 193 g/mol. The van der Waals surface area contributed by atoms with Crippen molar-refractivity contribution in [2.45, 2.75) is 32.4 Å². The zero-order chi connectivity index (χ0) is 10.3. The summed E-state index contributed by atoms with van der Waals surface area (Å²) in [6, 6.07) is 3.97. The number of benzene rings is 1. The van der Waals surface area contributed by atoms with E-state index in [9.17, 15) is 10.2 Å². The standard InChI is InChI=1S/C11H15NO2/c1-6-3-8-4-10(13)11(14)5-9(8)7(2)12-6/h4-7,12-14H,3H2,1-2H3. The van der Waals surface area contributed by atoms with Crippen molar-refractivity contribution in [2.75, 3.05) is 0 Å². The number of phenolic OH excluding ortho intramolecular Hbond substituents is 2. The van der Waals surface area contributed by atoms with E-state index >= 15 is 0 Å². The van der Waals surface area contributed by atoms with Gasteiger partial charge in [0.05, 0.1) is 0 Å².